The summed E-state index contributed by atoms with van der Waals surface area (Å²) < 4.78 is 0. The van der Waals surface area contributed by atoms with Gasteiger partial charge in [-0.3, -0.25) is 9.89 Å². The highest BCUT2D eigenvalue weighted by Gasteiger charge is 2.29. The second-order valence-corrected chi connectivity index (χ2v) is 6.88. The van der Waals surface area contributed by atoms with Crippen LogP contribution in [0, 0.1) is 0 Å². The summed E-state index contributed by atoms with van der Waals surface area (Å²) in [6.45, 7) is 1.35. The van der Waals surface area contributed by atoms with Crippen molar-refractivity contribution < 1.29 is 9.90 Å². The maximum atomic E-state index is 12.8. The molecule has 2 heterocycles. The van der Waals surface area contributed by atoms with Gasteiger partial charge in [-0.25, -0.2) is 0 Å². The first-order valence-corrected chi connectivity index (χ1v) is 8.88. The zero-order valence-electron chi connectivity index (χ0n) is 14.0. The Hall–Kier alpha value is -2.79. The average Bonchev–Trinajstić information content (AvgIpc) is 3.32. The summed E-state index contributed by atoms with van der Waals surface area (Å²) >= 11 is 6.29. The Morgan fingerprint density at radius 3 is 2.73 bits per heavy atom. The average molecular weight is 368 g/mol. The molecule has 1 atom stereocenters. The first-order valence-electron chi connectivity index (χ1n) is 8.50. The molecule has 0 bridgehead atoms. The Morgan fingerprint density at radius 2 is 1.96 bits per heavy atom. The van der Waals surface area contributed by atoms with Crippen LogP contribution < -0.4 is 0 Å². The lowest BCUT2D eigenvalue weighted by molar-refractivity contribution is 0.0785. The molecule has 0 radical (unpaired) electrons. The quantitative estimate of drug-likeness (QED) is 0.733. The van der Waals surface area contributed by atoms with Gasteiger partial charge in [0.2, 0.25) is 0 Å². The number of halogens is 1. The number of carbonyl (C=O) groups excluding carboxylic acids is 1. The summed E-state index contributed by atoms with van der Waals surface area (Å²) in [7, 11) is 0. The van der Waals surface area contributed by atoms with E-state index >= 15 is 0 Å². The van der Waals surface area contributed by atoms with Crippen LogP contribution in [-0.2, 0) is 0 Å². The van der Waals surface area contributed by atoms with Crippen molar-refractivity contribution in [3.05, 3.63) is 70.9 Å². The zero-order chi connectivity index (χ0) is 18.1. The van der Waals surface area contributed by atoms with E-state index in [4.69, 9.17) is 11.6 Å². The van der Waals surface area contributed by atoms with Crippen LogP contribution in [0.2, 0.25) is 5.02 Å². The van der Waals surface area contributed by atoms with Crippen LogP contribution in [-0.4, -0.2) is 39.2 Å². The van der Waals surface area contributed by atoms with Crippen molar-refractivity contribution in [3.8, 4) is 17.0 Å². The third-order valence-electron chi connectivity index (χ3n) is 4.79. The summed E-state index contributed by atoms with van der Waals surface area (Å²) in [4.78, 5) is 14.6. The minimum absolute atomic E-state index is 0.0583. The molecule has 5 nitrogen and oxygen atoms in total. The molecule has 3 aromatic rings. The van der Waals surface area contributed by atoms with Gasteiger partial charge in [0, 0.05) is 29.6 Å². The fourth-order valence-electron chi connectivity index (χ4n) is 3.39. The number of aromatic nitrogens is 2. The van der Waals surface area contributed by atoms with E-state index in [1.165, 1.54) is 0 Å². The van der Waals surface area contributed by atoms with Crippen LogP contribution in [0.5, 0.6) is 5.75 Å². The number of aromatic hydroxyl groups is 1. The van der Waals surface area contributed by atoms with Gasteiger partial charge in [0.1, 0.15) is 11.4 Å². The number of carbonyl (C=O) groups is 1. The molecule has 0 saturated carbocycles. The minimum atomic E-state index is -0.0583. The molecule has 0 aliphatic carbocycles. The third-order valence-corrected chi connectivity index (χ3v) is 5.14. The lowest BCUT2D eigenvalue weighted by Gasteiger charge is -2.16. The van der Waals surface area contributed by atoms with Gasteiger partial charge >= 0.3 is 0 Å². The second kappa shape index (κ2) is 6.84. The number of phenols is 1. The Balaban J connectivity index is 1.49. The molecular formula is C20H18ClN3O2. The monoisotopic (exact) mass is 367 g/mol. The Bertz CT molecular complexity index is 936. The second-order valence-electron chi connectivity index (χ2n) is 6.47. The van der Waals surface area contributed by atoms with Gasteiger partial charge in [0.15, 0.2) is 0 Å². The fraction of sp³-hybridized carbons (Fsp3) is 0.200. The van der Waals surface area contributed by atoms with E-state index in [1.807, 2.05) is 29.2 Å². The van der Waals surface area contributed by atoms with Crippen molar-refractivity contribution >= 4 is 17.5 Å². The highest BCUT2D eigenvalue weighted by atomic mass is 35.5. The van der Waals surface area contributed by atoms with Gasteiger partial charge in [0.25, 0.3) is 5.91 Å². The highest BCUT2D eigenvalue weighted by molar-refractivity contribution is 6.31. The largest absolute Gasteiger partial charge is 0.508 e. The van der Waals surface area contributed by atoms with Gasteiger partial charge in [-0.05, 0) is 48.4 Å². The Labute approximate surface area is 156 Å². The van der Waals surface area contributed by atoms with E-state index < -0.39 is 0 Å². The van der Waals surface area contributed by atoms with Crippen molar-refractivity contribution in [1.82, 2.24) is 15.1 Å². The van der Waals surface area contributed by atoms with Crippen molar-refractivity contribution in [2.45, 2.75) is 12.3 Å². The molecule has 1 saturated heterocycles. The molecule has 132 valence electrons. The molecule has 4 rings (SSSR count). The summed E-state index contributed by atoms with van der Waals surface area (Å²) in [5.41, 5.74) is 3.08. The molecule has 26 heavy (non-hydrogen) atoms. The maximum absolute atomic E-state index is 12.8. The van der Waals surface area contributed by atoms with Crippen LogP contribution in [0.25, 0.3) is 11.3 Å². The number of benzene rings is 2. The molecule has 1 aliphatic rings. The normalized spacial score (nSPS) is 16.8. The Morgan fingerprint density at radius 1 is 1.19 bits per heavy atom. The van der Waals surface area contributed by atoms with Crippen molar-refractivity contribution in [2.24, 2.45) is 0 Å². The van der Waals surface area contributed by atoms with E-state index in [9.17, 15) is 9.90 Å². The van der Waals surface area contributed by atoms with E-state index in [2.05, 4.69) is 10.2 Å². The van der Waals surface area contributed by atoms with Crippen molar-refractivity contribution in [2.75, 3.05) is 13.1 Å². The zero-order valence-corrected chi connectivity index (χ0v) is 14.8. The number of hydrogen-bond acceptors (Lipinski definition) is 3. The van der Waals surface area contributed by atoms with E-state index in [0.29, 0.717) is 24.5 Å². The SMILES string of the molecule is O=C(c1cc(-c2ccc(O)cc2)n[nH]1)N1CCC(c2ccccc2Cl)C1. The number of hydrogen-bond donors (Lipinski definition) is 2. The van der Waals surface area contributed by atoms with Crippen LogP contribution in [0.3, 0.4) is 0 Å². The topological polar surface area (TPSA) is 69.2 Å². The smallest absolute Gasteiger partial charge is 0.271 e. The highest BCUT2D eigenvalue weighted by Crippen LogP contribution is 2.32. The van der Waals surface area contributed by atoms with Crippen LogP contribution in [0.1, 0.15) is 28.4 Å². The third kappa shape index (κ3) is 3.18. The van der Waals surface area contributed by atoms with E-state index in [-0.39, 0.29) is 17.6 Å². The molecule has 2 aromatic carbocycles. The van der Waals surface area contributed by atoms with Gasteiger partial charge in [0.05, 0.1) is 5.69 Å². The van der Waals surface area contributed by atoms with Crippen molar-refractivity contribution in [3.63, 3.8) is 0 Å². The molecule has 1 unspecified atom stereocenters. The van der Waals surface area contributed by atoms with E-state index in [0.717, 1.165) is 22.6 Å². The number of rotatable bonds is 3. The summed E-state index contributed by atoms with van der Waals surface area (Å²) in [5, 5.41) is 17.2. The summed E-state index contributed by atoms with van der Waals surface area (Å²) in [6, 6.07) is 16.3. The molecule has 2 N–H and O–H groups in total. The number of likely N-dealkylation sites (tertiary alicyclic amines) is 1. The summed E-state index contributed by atoms with van der Waals surface area (Å²) in [6.07, 6.45) is 0.897. The predicted octanol–water partition coefficient (Wildman–Crippen LogP) is 4.07. The fourth-order valence-corrected chi connectivity index (χ4v) is 3.68. The van der Waals surface area contributed by atoms with Crippen LogP contribution in [0.15, 0.2) is 54.6 Å². The number of nitrogens with one attached hydrogen (secondary N) is 1. The lowest BCUT2D eigenvalue weighted by atomic mass is 9.98. The number of aromatic amines is 1. The molecule has 1 amide bonds. The number of H-pyrrole nitrogens is 1. The Kier molecular flexibility index (Phi) is 4.39. The molecule has 1 aromatic heterocycles. The molecule has 0 spiro atoms. The van der Waals surface area contributed by atoms with Crippen LogP contribution in [0.4, 0.5) is 0 Å². The molecule has 1 fully saturated rings. The number of amides is 1. The number of phenolic OH excluding ortho intramolecular Hbond substituents is 1. The van der Waals surface area contributed by atoms with Crippen LogP contribution >= 0.6 is 11.6 Å². The van der Waals surface area contributed by atoms with Gasteiger partial charge in [-0.2, -0.15) is 5.10 Å². The molecule has 1 aliphatic heterocycles. The first kappa shape index (κ1) is 16.7. The lowest BCUT2D eigenvalue weighted by Crippen LogP contribution is -2.28. The standard InChI is InChI=1S/C20H18ClN3O2/c21-17-4-2-1-3-16(17)14-9-10-24(12-14)20(26)19-11-18(22-23-19)13-5-7-15(25)8-6-13/h1-8,11,14,25H,9-10,12H2,(H,22,23). The van der Waals surface area contributed by atoms with E-state index in [1.54, 1.807) is 30.3 Å². The molecular weight excluding hydrogens is 350 g/mol. The molecule has 6 heteroatoms. The summed E-state index contributed by atoms with van der Waals surface area (Å²) in [5.74, 6) is 0.396. The predicted molar refractivity (Wildman–Crippen MR) is 100 cm³/mol. The number of nitrogens with zero attached hydrogens (tertiary/aromatic N) is 2. The van der Waals surface area contributed by atoms with Crippen molar-refractivity contribution in [1.29, 1.82) is 0 Å². The van der Waals surface area contributed by atoms with Gasteiger partial charge < -0.3 is 10.0 Å². The van der Waals surface area contributed by atoms with Gasteiger partial charge in [-0.15, -0.1) is 0 Å². The maximum Gasteiger partial charge on any atom is 0.271 e. The van der Waals surface area contributed by atoms with Gasteiger partial charge in [-0.1, -0.05) is 29.8 Å². The first-order chi connectivity index (χ1) is 12.6. The minimum Gasteiger partial charge on any atom is -0.508 e.